The first-order valence-electron chi connectivity index (χ1n) is 13.7. The molecule has 10 heteroatoms. The molecule has 1 aliphatic heterocycles. The molecule has 1 fully saturated rings. The first-order valence-corrected chi connectivity index (χ1v) is 15.1. The third-order valence-corrected chi connectivity index (χ3v) is 9.09. The Morgan fingerprint density at radius 1 is 1.02 bits per heavy atom. The van der Waals surface area contributed by atoms with Crippen LogP contribution < -0.4 is 10.6 Å². The standard InChI is InChI=1S/C32H36ClN3O5S/c1-21-11-7-8-14-23(21)18-34-29(38)28-32(2,3)42-20-36(28)30(39)27(37)26(17-22-12-5-4-6-13-22)35-31(40)41-19-24-15-9-10-16-25(24)33/h4-16,26-28,37H,17-20H2,1-3H3,(H,34,38)(H,35,40). The zero-order valence-electron chi connectivity index (χ0n) is 23.9. The molecule has 42 heavy (non-hydrogen) atoms. The second kappa shape index (κ2) is 14.1. The quantitative estimate of drug-likeness (QED) is 0.304. The number of alkyl carbamates (subject to hydrolysis) is 1. The SMILES string of the molecule is Cc1ccccc1CNC(=O)C1N(C(=O)C(O)C(Cc2ccccc2)NC(=O)OCc2ccccc2Cl)CSC1(C)C. The zero-order chi connectivity index (χ0) is 30.3. The van der Waals surface area contributed by atoms with Crippen LogP contribution in [0.2, 0.25) is 5.02 Å². The number of aliphatic hydroxyl groups excluding tert-OH is 1. The van der Waals surface area contributed by atoms with Gasteiger partial charge in [-0.1, -0.05) is 84.4 Å². The molecular formula is C32H36ClN3O5S. The first kappa shape index (κ1) is 31.4. The first-order chi connectivity index (χ1) is 20.1. The van der Waals surface area contributed by atoms with E-state index in [2.05, 4.69) is 10.6 Å². The van der Waals surface area contributed by atoms with Crippen molar-refractivity contribution in [1.82, 2.24) is 15.5 Å². The van der Waals surface area contributed by atoms with Crippen molar-refractivity contribution in [2.24, 2.45) is 0 Å². The lowest BCUT2D eigenvalue weighted by molar-refractivity contribution is -0.147. The van der Waals surface area contributed by atoms with Gasteiger partial charge in [-0.3, -0.25) is 9.59 Å². The van der Waals surface area contributed by atoms with Crippen LogP contribution in [0.5, 0.6) is 0 Å². The minimum Gasteiger partial charge on any atom is -0.445 e. The molecule has 1 saturated heterocycles. The summed E-state index contributed by atoms with van der Waals surface area (Å²) in [6, 6.07) is 22.2. The molecule has 3 atom stereocenters. The summed E-state index contributed by atoms with van der Waals surface area (Å²) in [7, 11) is 0. The predicted octanol–water partition coefficient (Wildman–Crippen LogP) is 4.84. The van der Waals surface area contributed by atoms with Crippen molar-refractivity contribution in [3.63, 3.8) is 0 Å². The fraction of sp³-hybridized carbons (Fsp3) is 0.344. The van der Waals surface area contributed by atoms with Crippen molar-refractivity contribution in [3.8, 4) is 0 Å². The molecule has 0 bridgehead atoms. The Labute approximate surface area is 255 Å². The fourth-order valence-electron chi connectivity index (χ4n) is 4.90. The number of ether oxygens (including phenoxy) is 1. The number of rotatable bonds is 10. The summed E-state index contributed by atoms with van der Waals surface area (Å²) < 4.78 is 4.77. The summed E-state index contributed by atoms with van der Waals surface area (Å²) in [5, 5.41) is 17.5. The van der Waals surface area contributed by atoms with Crippen LogP contribution in [0.25, 0.3) is 0 Å². The Morgan fingerprint density at radius 2 is 1.67 bits per heavy atom. The predicted molar refractivity (Wildman–Crippen MR) is 165 cm³/mol. The van der Waals surface area contributed by atoms with Gasteiger partial charge in [0.25, 0.3) is 5.91 Å². The van der Waals surface area contributed by atoms with Crippen molar-refractivity contribution >= 4 is 41.3 Å². The van der Waals surface area contributed by atoms with Crippen LogP contribution in [0.3, 0.4) is 0 Å². The van der Waals surface area contributed by atoms with Crippen LogP contribution in [-0.2, 0) is 33.9 Å². The molecule has 1 aliphatic rings. The third-order valence-electron chi connectivity index (χ3n) is 7.34. The Morgan fingerprint density at radius 3 is 2.36 bits per heavy atom. The Balaban J connectivity index is 1.48. The molecule has 0 spiro atoms. The van der Waals surface area contributed by atoms with Crippen molar-refractivity contribution in [1.29, 1.82) is 0 Å². The van der Waals surface area contributed by atoms with Gasteiger partial charge in [-0.05, 0) is 49.9 Å². The van der Waals surface area contributed by atoms with Gasteiger partial charge in [0, 0.05) is 21.9 Å². The van der Waals surface area contributed by atoms with Gasteiger partial charge in [0.1, 0.15) is 12.6 Å². The Bertz CT molecular complexity index is 1400. The summed E-state index contributed by atoms with van der Waals surface area (Å²) in [5.41, 5.74) is 3.47. The molecule has 1 heterocycles. The van der Waals surface area contributed by atoms with E-state index in [0.29, 0.717) is 17.1 Å². The van der Waals surface area contributed by atoms with Gasteiger partial charge < -0.3 is 25.4 Å². The van der Waals surface area contributed by atoms with E-state index < -0.39 is 34.9 Å². The lowest BCUT2D eigenvalue weighted by Gasteiger charge is -2.33. The Kier molecular flexibility index (Phi) is 10.5. The van der Waals surface area contributed by atoms with Gasteiger partial charge in [0.2, 0.25) is 5.91 Å². The molecule has 222 valence electrons. The summed E-state index contributed by atoms with van der Waals surface area (Å²) in [6.45, 7) is 6.03. The number of nitrogens with zero attached hydrogens (tertiary/aromatic N) is 1. The molecule has 3 N–H and O–H groups in total. The molecule has 3 amide bonds. The summed E-state index contributed by atoms with van der Waals surface area (Å²) in [6.07, 6.45) is -2.26. The second-order valence-corrected chi connectivity index (χ2v) is 12.8. The van der Waals surface area contributed by atoms with Crippen molar-refractivity contribution in [3.05, 3.63) is 106 Å². The molecule has 0 saturated carbocycles. The van der Waals surface area contributed by atoms with Crippen LogP contribution in [-0.4, -0.2) is 56.7 Å². The van der Waals surface area contributed by atoms with Gasteiger partial charge in [-0.15, -0.1) is 11.8 Å². The normalized spacial score (nSPS) is 17.3. The van der Waals surface area contributed by atoms with Gasteiger partial charge in [-0.2, -0.15) is 0 Å². The average Bonchev–Trinajstić information content (AvgIpc) is 3.30. The Hall–Kier alpha value is -3.53. The number of aliphatic hydroxyl groups is 1. The highest BCUT2D eigenvalue weighted by Crippen LogP contribution is 2.40. The number of halogens is 1. The molecule has 8 nitrogen and oxygen atoms in total. The van der Waals surface area contributed by atoms with Crippen molar-refractivity contribution < 1.29 is 24.2 Å². The summed E-state index contributed by atoms with van der Waals surface area (Å²) >= 11 is 7.64. The molecule has 3 aromatic rings. The highest BCUT2D eigenvalue weighted by Gasteiger charge is 2.49. The van der Waals surface area contributed by atoms with E-state index in [-0.39, 0.29) is 24.8 Å². The highest BCUT2D eigenvalue weighted by molar-refractivity contribution is 8.00. The van der Waals surface area contributed by atoms with Crippen molar-refractivity contribution in [2.45, 2.75) is 63.3 Å². The number of thioether (sulfide) groups is 1. The van der Waals surface area contributed by atoms with E-state index in [1.807, 2.05) is 75.4 Å². The number of benzene rings is 3. The zero-order valence-corrected chi connectivity index (χ0v) is 25.5. The van der Waals surface area contributed by atoms with Crippen molar-refractivity contribution in [2.75, 3.05) is 5.88 Å². The van der Waals surface area contributed by atoms with Crippen LogP contribution in [0.4, 0.5) is 4.79 Å². The number of nitrogens with one attached hydrogen (secondary N) is 2. The lowest BCUT2D eigenvalue weighted by atomic mass is 9.97. The molecule has 3 unspecified atom stereocenters. The maximum Gasteiger partial charge on any atom is 0.407 e. The second-order valence-electron chi connectivity index (χ2n) is 10.8. The van der Waals surface area contributed by atoms with Gasteiger partial charge in [-0.25, -0.2) is 4.79 Å². The van der Waals surface area contributed by atoms with E-state index in [1.54, 1.807) is 24.3 Å². The van der Waals surface area contributed by atoms with E-state index in [1.165, 1.54) is 16.7 Å². The lowest BCUT2D eigenvalue weighted by Crippen LogP contribution is -2.58. The van der Waals surface area contributed by atoms with Gasteiger partial charge in [0.05, 0.1) is 11.9 Å². The average molecular weight is 610 g/mol. The molecule has 0 aliphatic carbocycles. The maximum absolute atomic E-state index is 13.8. The highest BCUT2D eigenvalue weighted by atomic mass is 35.5. The number of carbonyl (C=O) groups is 3. The molecule has 4 rings (SSSR count). The third kappa shape index (κ3) is 7.85. The number of carbonyl (C=O) groups excluding carboxylic acids is 3. The number of hydrogen-bond acceptors (Lipinski definition) is 6. The minimum absolute atomic E-state index is 0.0757. The van der Waals surface area contributed by atoms with Crippen LogP contribution in [0.1, 0.15) is 36.1 Å². The maximum atomic E-state index is 13.8. The summed E-state index contributed by atoms with van der Waals surface area (Å²) in [4.78, 5) is 41.5. The molecular weight excluding hydrogens is 574 g/mol. The molecule has 0 radical (unpaired) electrons. The van der Waals surface area contributed by atoms with E-state index in [4.69, 9.17) is 16.3 Å². The van der Waals surface area contributed by atoms with E-state index in [0.717, 1.165) is 16.7 Å². The van der Waals surface area contributed by atoms with Crippen LogP contribution in [0.15, 0.2) is 78.9 Å². The topological polar surface area (TPSA) is 108 Å². The van der Waals surface area contributed by atoms with Crippen LogP contribution in [0, 0.1) is 6.92 Å². The molecule has 3 aromatic carbocycles. The van der Waals surface area contributed by atoms with E-state index in [9.17, 15) is 19.5 Å². The van der Waals surface area contributed by atoms with Crippen LogP contribution >= 0.6 is 23.4 Å². The van der Waals surface area contributed by atoms with E-state index >= 15 is 0 Å². The smallest absolute Gasteiger partial charge is 0.407 e. The number of amides is 3. The largest absolute Gasteiger partial charge is 0.445 e. The number of hydrogen-bond donors (Lipinski definition) is 3. The van der Waals surface area contributed by atoms with Gasteiger partial charge >= 0.3 is 6.09 Å². The monoisotopic (exact) mass is 609 g/mol. The fourth-order valence-corrected chi connectivity index (χ4v) is 6.23. The van der Waals surface area contributed by atoms with Gasteiger partial charge in [0.15, 0.2) is 6.10 Å². The number of aryl methyl sites for hydroxylation is 1. The minimum atomic E-state index is -1.63. The summed E-state index contributed by atoms with van der Waals surface area (Å²) in [5.74, 6) is -0.725. The molecule has 0 aromatic heterocycles.